The maximum atomic E-state index is 12.6. The lowest BCUT2D eigenvalue weighted by Gasteiger charge is -2.32. The highest BCUT2D eigenvalue weighted by Gasteiger charge is 2.31. The van der Waals surface area contributed by atoms with Crippen LogP contribution in [0.4, 0.5) is 21.9 Å². The minimum absolute atomic E-state index is 0.161. The van der Waals surface area contributed by atoms with Gasteiger partial charge in [0.15, 0.2) is 6.10 Å². The number of nitrogens with one attached hydrogen (secondary N) is 3. The third-order valence-corrected chi connectivity index (χ3v) is 5.71. The van der Waals surface area contributed by atoms with Crippen molar-refractivity contribution in [3.8, 4) is 5.75 Å². The average molecular weight is 473 g/mol. The first-order chi connectivity index (χ1) is 16.9. The fraction of sp³-hybridized carbons (Fsp3) is 0.222. The number of para-hydroxylation sites is 3. The molecule has 0 radical (unpaired) electrons. The molecule has 0 aliphatic carbocycles. The molecule has 8 heteroatoms. The van der Waals surface area contributed by atoms with E-state index in [1.807, 2.05) is 61.5 Å². The van der Waals surface area contributed by atoms with Gasteiger partial charge >= 0.3 is 6.03 Å². The molecular formula is C27H28N4O4. The van der Waals surface area contributed by atoms with E-state index in [2.05, 4.69) is 16.0 Å². The largest absolute Gasteiger partial charge is 0.479 e. The van der Waals surface area contributed by atoms with Crippen molar-refractivity contribution in [1.82, 2.24) is 5.32 Å². The second-order valence-corrected chi connectivity index (χ2v) is 8.32. The molecule has 1 aliphatic heterocycles. The lowest BCUT2D eigenvalue weighted by molar-refractivity contribution is -0.125. The Kier molecular flexibility index (Phi) is 7.30. The molecule has 0 fully saturated rings. The van der Waals surface area contributed by atoms with Crippen LogP contribution in [0, 0.1) is 0 Å². The number of carbonyl (C=O) groups is 3. The molecule has 180 valence electrons. The Morgan fingerprint density at radius 1 is 0.914 bits per heavy atom. The monoisotopic (exact) mass is 472 g/mol. The predicted octanol–water partition coefficient (Wildman–Crippen LogP) is 4.71. The number of urea groups is 1. The molecule has 3 aromatic rings. The molecule has 35 heavy (non-hydrogen) atoms. The first-order valence-electron chi connectivity index (χ1n) is 11.5. The second-order valence-electron chi connectivity index (χ2n) is 8.32. The smallest absolute Gasteiger partial charge is 0.323 e. The van der Waals surface area contributed by atoms with Gasteiger partial charge < -0.3 is 25.6 Å². The summed E-state index contributed by atoms with van der Waals surface area (Å²) < 4.78 is 5.64. The van der Waals surface area contributed by atoms with Gasteiger partial charge in [-0.15, -0.1) is 0 Å². The SMILES string of the molecule is CC1Oc2ccccc2N(CCC(=O)NC(C)c2ccc(NC(=O)Nc3ccccc3)cc2)C1=O. The van der Waals surface area contributed by atoms with Gasteiger partial charge in [0.05, 0.1) is 11.7 Å². The molecule has 0 saturated carbocycles. The first kappa shape index (κ1) is 23.8. The van der Waals surface area contributed by atoms with E-state index in [1.54, 1.807) is 36.1 Å². The quantitative estimate of drug-likeness (QED) is 0.464. The van der Waals surface area contributed by atoms with Crippen LogP contribution in [0.2, 0.25) is 0 Å². The van der Waals surface area contributed by atoms with Crippen LogP contribution < -0.4 is 25.6 Å². The van der Waals surface area contributed by atoms with Crippen LogP contribution in [-0.4, -0.2) is 30.5 Å². The van der Waals surface area contributed by atoms with Crippen LogP contribution in [-0.2, 0) is 9.59 Å². The Bertz CT molecular complexity index is 1200. The number of carbonyl (C=O) groups excluding carboxylic acids is 3. The summed E-state index contributed by atoms with van der Waals surface area (Å²) in [5, 5.41) is 8.52. The van der Waals surface area contributed by atoms with E-state index < -0.39 is 6.10 Å². The molecule has 3 aromatic carbocycles. The zero-order valence-corrected chi connectivity index (χ0v) is 19.7. The van der Waals surface area contributed by atoms with Gasteiger partial charge in [0.25, 0.3) is 5.91 Å². The first-order valence-corrected chi connectivity index (χ1v) is 11.5. The standard InChI is InChI=1S/C27H28N4O4/c1-18(20-12-14-22(15-13-20)30-27(34)29-21-8-4-3-5-9-21)28-25(32)16-17-31-23-10-6-7-11-24(23)35-19(2)26(31)33/h3-15,18-19H,16-17H2,1-2H3,(H,28,32)(H2,29,30,34). The van der Waals surface area contributed by atoms with Crippen molar-refractivity contribution in [3.05, 3.63) is 84.4 Å². The summed E-state index contributed by atoms with van der Waals surface area (Å²) in [4.78, 5) is 39.0. The Morgan fingerprint density at radius 3 is 2.26 bits per heavy atom. The van der Waals surface area contributed by atoms with Crippen LogP contribution in [0.25, 0.3) is 0 Å². The summed E-state index contributed by atoms with van der Waals surface area (Å²) in [6.07, 6.45) is -0.426. The van der Waals surface area contributed by atoms with E-state index in [0.717, 1.165) is 5.56 Å². The molecule has 2 unspecified atom stereocenters. The average Bonchev–Trinajstić information content (AvgIpc) is 2.85. The molecule has 8 nitrogen and oxygen atoms in total. The Morgan fingerprint density at radius 2 is 1.54 bits per heavy atom. The molecule has 1 heterocycles. The van der Waals surface area contributed by atoms with Crippen molar-refractivity contribution in [1.29, 1.82) is 0 Å². The van der Waals surface area contributed by atoms with Gasteiger partial charge in [-0.25, -0.2) is 4.79 Å². The Hall–Kier alpha value is -4.33. The molecule has 4 amide bonds. The molecule has 0 saturated heterocycles. The molecule has 2 atom stereocenters. The summed E-state index contributed by atoms with van der Waals surface area (Å²) >= 11 is 0. The third-order valence-electron chi connectivity index (χ3n) is 5.71. The molecule has 4 rings (SSSR count). The van der Waals surface area contributed by atoms with Gasteiger partial charge in [-0.3, -0.25) is 9.59 Å². The zero-order chi connectivity index (χ0) is 24.8. The number of benzene rings is 3. The molecule has 3 N–H and O–H groups in total. The summed E-state index contributed by atoms with van der Waals surface area (Å²) in [6, 6.07) is 23.2. The number of ether oxygens (including phenoxy) is 1. The van der Waals surface area contributed by atoms with Crippen molar-refractivity contribution in [2.45, 2.75) is 32.4 Å². The molecule has 1 aliphatic rings. The van der Waals surface area contributed by atoms with E-state index in [9.17, 15) is 14.4 Å². The third kappa shape index (κ3) is 5.97. The van der Waals surface area contributed by atoms with E-state index in [1.165, 1.54) is 0 Å². The van der Waals surface area contributed by atoms with E-state index in [4.69, 9.17) is 4.74 Å². The van der Waals surface area contributed by atoms with Crippen molar-refractivity contribution in [2.75, 3.05) is 22.1 Å². The topological polar surface area (TPSA) is 99.8 Å². The summed E-state index contributed by atoms with van der Waals surface area (Å²) in [7, 11) is 0. The van der Waals surface area contributed by atoms with Crippen LogP contribution in [0.15, 0.2) is 78.9 Å². The molecule has 0 aromatic heterocycles. The maximum absolute atomic E-state index is 12.6. The second kappa shape index (κ2) is 10.7. The maximum Gasteiger partial charge on any atom is 0.323 e. The van der Waals surface area contributed by atoms with Crippen LogP contribution in [0.1, 0.15) is 31.9 Å². The molecular weight excluding hydrogens is 444 g/mol. The minimum Gasteiger partial charge on any atom is -0.479 e. The van der Waals surface area contributed by atoms with Crippen LogP contribution in [0.5, 0.6) is 5.75 Å². The Labute approximate surface area is 204 Å². The molecule has 0 bridgehead atoms. The highest BCUT2D eigenvalue weighted by atomic mass is 16.5. The lowest BCUT2D eigenvalue weighted by Crippen LogP contribution is -2.45. The number of rotatable bonds is 7. The van der Waals surface area contributed by atoms with E-state index in [-0.39, 0.29) is 36.9 Å². The van der Waals surface area contributed by atoms with Crippen molar-refractivity contribution >= 4 is 34.9 Å². The fourth-order valence-corrected chi connectivity index (χ4v) is 3.87. The van der Waals surface area contributed by atoms with Crippen LogP contribution >= 0.6 is 0 Å². The summed E-state index contributed by atoms with van der Waals surface area (Å²) in [6.45, 7) is 3.86. The van der Waals surface area contributed by atoms with Crippen molar-refractivity contribution in [2.24, 2.45) is 0 Å². The van der Waals surface area contributed by atoms with E-state index in [0.29, 0.717) is 22.8 Å². The van der Waals surface area contributed by atoms with Crippen molar-refractivity contribution < 1.29 is 19.1 Å². The fourth-order valence-electron chi connectivity index (χ4n) is 3.87. The van der Waals surface area contributed by atoms with Crippen molar-refractivity contribution in [3.63, 3.8) is 0 Å². The number of hydrogen-bond donors (Lipinski definition) is 3. The van der Waals surface area contributed by atoms with Crippen LogP contribution in [0.3, 0.4) is 0 Å². The zero-order valence-electron chi connectivity index (χ0n) is 19.7. The predicted molar refractivity (Wildman–Crippen MR) is 136 cm³/mol. The van der Waals surface area contributed by atoms with Gasteiger partial charge in [0.2, 0.25) is 5.91 Å². The number of amides is 4. The number of nitrogens with zero attached hydrogens (tertiary/aromatic N) is 1. The van der Waals surface area contributed by atoms with Gasteiger partial charge in [-0.1, -0.05) is 42.5 Å². The lowest BCUT2D eigenvalue weighted by atomic mass is 10.1. The highest BCUT2D eigenvalue weighted by Crippen LogP contribution is 2.33. The Balaban J connectivity index is 1.28. The summed E-state index contributed by atoms with van der Waals surface area (Å²) in [5.74, 6) is 0.315. The van der Waals surface area contributed by atoms with Gasteiger partial charge in [-0.05, 0) is 55.8 Å². The molecule has 0 spiro atoms. The summed E-state index contributed by atoms with van der Waals surface area (Å²) in [5.41, 5.74) is 2.92. The minimum atomic E-state index is -0.589. The number of hydrogen-bond acceptors (Lipinski definition) is 4. The highest BCUT2D eigenvalue weighted by molar-refractivity contribution is 6.00. The normalized spacial score (nSPS) is 15.4. The number of fused-ring (bicyclic) bond motifs is 1. The van der Waals surface area contributed by atoms with Gasteiger partial charge in [0, 0.05) is 24.3 Å². The number of anilines is 3. The van der Waals surface area contributed by atoms with Gasteiger partial charge in [-0.2, -0.15) is 0 Å². The van der Waals surface area contributed by atoms with Gasteiger partial charge in [0.1, 0.15) is 5.75 Å². The van der Waals surface area contributed by atoms with E-state index >= 15 is 0 Å².